The molecule has 2 heterocycles. The predicted octanol–water partition coefficient (Wildman–Crippen LogP) is 4.29. The summed E-state index contributed by atoms with van der Waals surface area (Å²) < 4.78 is 1.97. The summed E-state index contributed by atoms with van der Waals surface area (Å²) in [5.41, 5.74) is 2.55. The number of fused-ring (bicyclic) bond motifs is 1. The first kappa shape index (κ1) is 24.5. The number of amides is 1. The number of rotatable bonds is 6. The molecule has 0 bridgehead atoms. The predicted molar refractivity (Wildman–Crippen MR) is 138 cm³/mol. The van der Waals surface area contributed by atoms with Crippen molar-refractivity contribution in [1.29, 1.82) is 0 Å². The molecule has 1 aromatic carbocycles. The van der Waals surface area contributed by atoms with Crippen LogP contribution in [0.3, 0.4) is 0 Å². The van der Waals surface area contributed by atoms with Crippen molar-refractivity contribution in [3.63, 3.8) is 0 Å². The average molecular weight is 476 g/mol. The summed E-state index contributed by atoms with van der Waals surface area (Å²) in [5, 5.41) is 19.4. The van der Waals surface area contributed by atoms with Crippen LogP contribution < -0.4 is 16.0 Å². The average Bonchev–Trinajstić information content (AvgIpc) is 3.22. The van der Waals surface area contributed by atoms with Gasteiger partial charge in [0.15, 0.2) is 17.0 Å². The van der Waals surface area contributed by atoms with Crippen molar-refractivity contribution in [3.8, 4) is 11.8 Å². The van der Waals surface area contributed by atoms with E-state index in [0.29, 0.717) is 23.0 Å². The summed E-state index contributed by atoms with van der Waals surface area (Å²) in [7, 11) is 0. The second-order valence-electron chi connectivity index (χ2n) is 9.91. The first-order valence-corrected chi connectivity index (χ1v) is 12.1. The van der Waals surface area contributed by atoms with Gasteiger partial charge in [-0.1, -0.05) is 12.0 Å². The summed E-state index contributed by atoms with van der Waals surface area (Å²) in [6, 6.07) is 7.61. The zero-order valence-electron chi connectivity index (χ0n) is 20.7. The fourth-order valence-corrected chi connectivity index (χ4v) is 3.95. The number of imidazole rings is 1. The molecule has 9 heteroatoms. The maximum absolute atomic E-state index is 12.2. The minimum atomic E-state index is -0.354. The first-order valence-electron chi connectivity index (χ1n) is 12.1. The van der Waals surface area contributed by atoms with E-state index in [0.717, 1.165) is 43.6 Å². The number of anilines is 4. The lowest BCUT2D eigenvalue weighted by molar-refractivity contribution is -0.111. The molecule has 1 aliphatic rings. The van der Waals surface area contributed by atoms with Gasteiger partial charge in [0.1, 0.15) is 0 Å². The molecule has 4 N–H and O–H groups in total. The monoisotopic (exact) mass is 475 g/mol. The van der Waals surface area contributed by atoms with Crippen LogP contribution in [0.5, 0.6) is 0 Å². The van der Waals surface area contributed by atoms with Crippen molar-refractivity contribution < 1.29 is 9.90 Å². The minimum Gasteiger partial charge on any atom is -0.393 e. The number of aromatic nitrogens is 4. The van der Waals surface area contributed by atoms with Gasteiger partial charge >= 0.3 is 0 Å². The fraction of sp³-hybridized carbons (Fsp3) is 0.462. The Hall–Kier alpha value is -3.64. The summed E-state index contributed by atoms with van der Waals surface area (Å²) in [5.74, 6) is 6.34. The van der Waals surface area contributed by atoms with Crippen LogP contribution in [0.2, 0.25) is 0 Å². The molecule has 4 rings (SSSR count). The molecule has 0 unspecified atom stereocenters. The van der Waals surface area contributed by atoms with Gasteiger partial charge in [0, 0.05) is 29.4 Å². The third kappa shape index (κ3) is 6.49. The summed E-state index contributed by atoms with van der Waals surface area (Å²) >= 11 is 0. The zero-order chi connectivity index (χ0) is 25.0. The number of aliphatic hydroxyl groups excluding tert-OH is 1. The molecule has 3 aromatic rings. The molecule has 0 radical (unpaired) electrons. The Morgan fingerprint density at radius 3 is 2.63 bits per heavy atom. The first-order chi connectivity index (χ1) is 16.7. The van der Waals surface area contributed by atoms with Crippen LogP contribution >= 0.6 is 0 Å². The second-order valence-corrected chi connectivity index (χ2v) is 9.91. The Bertz CT molecular complexity index is 1260. The maximum Gasteiger partial charge on any atom is 0.300 e. The Morgan fingerprint density at radius 2 is 1.91 bits per heavy atom. The molecule has 184 valence electrons. The van der Waals surface area contributed by atoms with E-state index in [-0.39, 0.29) is 23.5 Å². The Balaban J connectivity index is 1.57. The molecule has 9 nitrogen and oxygen atoms in total. The molecule has 1 amide bonds. The van der Waals surface area contributed by atoms with Crippen LogP contribution in [0.1, 0.15) is 53.4 Å². The molecule has 35 heavy (non-hydrogen) atoms. The highest BCUT2D eigenvalue weighted by atomic mass is 16.3. The van der Waals surface area contributed by atoms with Gasteiger partial charge in [0.25, 0.3) is 5.91 Å². The van der Waals surface area contributed by atoms with E-state index in [4.69, 9.17) is 9.97 Å². The van der Waals surface area contributed by atoms with E-state index in [1.54, 1.807) is 6.33 Å². The number of nitrogens with one attached hydrogen (secondary N) is 3. The number of hydrogen-bond donors (Lipinski definition) is 4. The smallest absolute Gasteiger partial charge is 0.300 e. The van der Waals surface area contributed by atoms with Crippen LogP contribution in [0, 0.1) is 17.3 Å². The van der Waals surface area contributed by atoms with Gasteiger partial charge in [-0.2, -0.15) is 9.97 Å². The van der Waals surface area contributed by atoms with Crippen molar-refractivity contribution in [2.75, 3.05) is 16.0 Å². The number of benzene rings is 1. The number of hydrogen-bond acceptors (Lipinski definition) is 7. The standard InChI is InChI=1S/C26H33N7O2/c1-5-33-16-27-22-23(31-25(32-24(22)33)30-17-9-11-20(34)12-10-17)29-19-8-6-7-18(15-19)28-21(35)13-14-26(2,3)4/h6-8,15-17,20,34H,5,9-12H2,1-4H3,(H,28,35)(H2,29,30,31,32)/t17-,20-. The highest BCUT2D eigenvalue weighted by Gasteiger charge is 2.21. The molecular formula is C26H33N7O2. The Kier molecular flexibility index (Phi) is 7.22. The second kappa shape index (κ2) is 10.3. The van der Waals surface area contributed by atoms with Gasteiger partial charge in [0.05, 0.1) is 12.4 Å². The highest BCUT2D eigenvalue weighted by molar-refractivity contribution is 6.04. The van der Waals surface area contributed by atoms with Crippen molar-refractivity contribution in [3.05, 3.63) is 30.6 Å². The van der Waals surface area contributed by atoms with Crippen molar-refractivity contribution in [1.82, 2.24) is 19.5 Å². The van der Waals surface area contributed by atoms with Gasteiger partial charge in [0.2, 0.25) is 5.95 Å². The van der Waals surface area contributed by atoms with Gasteiger partial charge in [-0.05, 0) is 77.5 Å². The third-order valence-electron chi connectivity index (χ3n) is 5.77. The molecule has 2 aromatic heterocycles. The topological polar surface area (TPSA) is 117 Å². The quantitative estimate of drug-likeness (QED) is 0.393. The van der Waals surface area contributed by atoms with Crippen LogP contribution in [0.4, 0.5) is 23.1 Å². The van der Waals surface area contributed by atoms with Crippen molar-refractivity contribution in [2.45, 2.75) is 72.1 Å². The minimum absolute atomic E-state index is 0.217. The lowest BCUT2D eigenvalue weighted by Crippen LogP contribution is -2.29. The molecule has 1 aliphatic carbocycles. The Morgan fingerprint density at radius 1 is 1.17 bits per heavy atom. The molecule has 0 spiro atoms. The number of aliphatic hydroxyl groups is 1. The van der Waals surface area contributed by atoms with E-state index in [9.17, 15) is 9.90 Å². The summed E-state index contributed by atoms with van der Waals surface area (Å²) in [6.07, 6.45) is 4.83. The van der Waals surface area contributed by atoms with Gasteiger partial charge in [-0.15, -0.1) is 0 Å². The zero-order valence-corrected chi connectivity index (χ0v) is 20.7. The van der Waals surface area contributed by atoms with Crippen molar-refractivity contribution >= 4 is 40.2 Å². The normalized spacial score (nSPS) is 18.0. The molecular weight excluding hydrogens is 442 g/mol. The van der Waals surface area contributed by atoms with E-state index in [1.165, 1.54) is 0 Å². The van der Waals surface area contributed by atoms with E-state index >= 15 is 0 Å². The lowest BCUT2D eigenvalue weighted by Gasteiger charge is -2.26. The van der Waals surface area contributed by atoms with Gasteiger partial charge < -0.3 is 25.6 Å². The highest BCUT2D eigenvalue weighted by Crippen LogP contribution is 2.27. The van der Waals surface area contributed by atoms with Gasteiger partial charge in [-0.3, -0.25) is 4.79 Å². The largest absolute Gasteiger partial charge is 0.393 e. The molecule has 1 saturated carbocycles. The van der Waals surface area contributed by atoms with Crippen LogP contribution in [-0.2, 0) is 11.3 Å². The van der Waals surface area contributed by atoms with Crippen molar-refractivity contribution in [2.24, 2.45) is 5.41 Å². The lowest BCUT2D eigenvalue weighted by atomic mass is 9.93. The number of aryl methyl sites for hydroxylation is 1. The van der Waals surface area contributed by atoms with E-state index < -0.39 is 0 Å². The number of carbonyl (C=O) groups is 1. The van der Waals surface area contributed by atoms with Crippen LogP contribution in [0.15, 0.2) is 30.6 Å². The number of nitrogens with zero attached hydrogens (tertiary/aromatic N) is 4. The molecule has 0 atom stereocenters. The summed E-state index contributed by atoms with van der Waals surface area (Å²) in [6.45, 7) is 8.66. The SMILES string of the molecule is CCn1cnc2c(Nc3cccc(NC(=O)C#CC(C)(C)C)c3)nc(N[C@H]3CC[C@H](O)CC3)nc21. The summed E-state index contributed by atoms with van der Waals surface area (Å²) in [4.78, 5) is 26.2. The third-order valence-corrected chi connectivity index (χ3v) is 5.77. The molecule has 1 fully saturated rings. The number of carbonyl (C=O) groups excluding carboxylic acids is 1. The van der Waals surface area contributed by atoms with Gasteiger partial charge in [-0.25, -0.2) is 4.98 Å². The maximum atomic E-state index is 12.2. The fourth-order valence-electron chi connectivity index (χ4n) is 3.95. The Labute approximate surface area is 205 Å². The van der Waals surface area contributed by atoms with Crippen LogP contribution in [-0.4, -0.2) is 42.7 Å². The molecule has 0 aliphatic heterocycles. The van der Waals surface area contributed by atoms with E-state index in [2.05, 4.69) is 32.8 Å². The van der Waals surface area contributed by atoms with Crippen LogP contribution in [0.25, 0.3) is 11.2 Å². The molecule has 0 saturated heterocycles. The van der Waals surface area contributed by atoms with E-state index in [1.807, 2.05) is 56.5 Å².